The number of hydrogen-bond donors (Lipinski definition) is 2. The van der Waals surface area contributed by atoms with E-state index in [-0.39, 0.29) is 12.5 Å². The number of likely N-dealkylation sites (N-methyl/N-ethyl adjacent to an activating group) is 1. The summed E-state index contributed by atoms with van der Waals surface area (Å²) in [6.45, 7) is 1.15. The molecule has 3 aromatic heterocycles. The van der Waals surface area contributed by atoms with Gasteiger partial charge < -0.3 is 19.7 Å². The van der Waals surface area contributed by atoms with E-state index in [9.17, 15) is 14.7 Å². The maximum absolute atomic E-state index is 11.7. The molecule has 1 unspecified atom stereocenters. The summed E-state index contributed by atoms with van der Waals surface area (Å²) in [4.78, 5) is 33.9. The number of aldehydes is 1. The first-order valence-electron chi connectivity index (χ1n) is 12.2. The van der Waals surface area contributed by atoms with Crippen molar-refractivity contribution in [3.05, 3.63) is 71.3 Å². The topological polar surface area (TPSA) is 110 Å². The van der Waals surface area contributed by atoms with Gasteiger partial charge in [-0.2, -0.15) is 0 Å². The van der Waals surface area contributed by atoms with E-state index in [1.165, 1.54) is 5.56 Å². The number of pyridine rings is 2. The van der Waals surface area contributed by atoms with Crippen LogP contribution < -0.4 is 10.1 Å². The summed E-state index contributed by atoms with van der Waals surface area (Å²) in [5, 5.41) is 13.0. The number of nitrogens with zero attached hydrogens (tertiary/aromatic N) is 4. The van der Waals surface area contributed by atoms with E-state index in [4.69, 9.17) is 4.74 Å². The summed E-state index contributed by atoms with van der Waals surface area (Å²) in [7, 11) is 3.43. The number of carboxylic acid groups (broad SMARTS) is 1. The number of anilines is 1. The van der Waals surface area contributed by atoms with Crippen molar-refractivity contribution in [3.63, 3.8) is 0 Å². The van der Waals surface area contributed by atoms with Crippen LogP contribution >= 0.6 is 0 Å². The number of rotatable bonds is 12. The van der Waals surface area contributed by atoms with E-state index in [1.807, 2.05) is 47.1 Å². The van der Waals surface area contributed by atoms with Gasteiger partial charge in [0.2, 0.25) is 5.88 Å². The van der Waals surface area contributed by atoms with Crippen LogP contribution in [-0.2, 0) is 24.2 Å². The van der Waals surface area contributed by atoms with Gasteiger partial charge in [0, 0.05) is 49.8 Å². The third kappa shape index (κ3) is 6.28. The van der Waals surface area contributed by atoms with Crippen molar-refractivity contribution >= 4 is 18.1 Å². The molecule has 4 heterocycles. The summed E-state index contributed by atoms with van der Waals surface area (Å²) in [6, 6.07) is 9.63. The molecular weight excluding hydrogens is 458 g/mol. The second-order valence-corrected chi connectivity index (χ2v) is 9.24. The van der Waals surface area contributed by atoms with E-state index in [2.05, 4.69) is 21.4 Å². The number of aliphatic carboxylic acids is 1. The summed E-state index contributed by atoms with van der Waals surface area (Å²) in [6.07, 6.45) is 10.2. The number of carbonyl (C=O) groups excluding carboxylic acids is 1. The Kier molecular flexibility index (Phi) is 8.32. The van der Waals surface area contributed by atoms with Gasteiger partial charge in [-0.15, -0.1) is 0 Å². The lowest BCUT2D eigenvalue weighted by Gasteiger charge is -2.27. The molecule has 1 aliphatic heterocycles. The van der Waals surface area contributed by atoms with Crippen molar-refractivity contribution in [1.29, 1.82) is 0 Å². The lowest BCUT2D eigenvalue weighted by molar-refractivity contribution is -0.138. The van der Waals surface area contributed by atoms with E-state index in [1.54, 1.807) is 19.4 Å². The van der Waals surface area contributed by atoms with Crippen LogP contribution in [0, 0.1) is 0 Å². The quantitative estimate of drug-likeness (QED) is 0.370. The van der Waals surface area contributed by atoms with Gasteiger partial charge in [0.25, 0.3) is 0 Å². The summed E-state index contributed by atoms with van der Waals surface area (Å²) >= 11 is 0. The van der Waals surface area contributed by atoms with E-state index < -0.39 is 5.97 Å². The van der Waals surface area contributed by atoms with Crippen molar-refractivity contribution in [3.8, 4) is 5.88 Å². The Labute approximate surface area is 211 Å². The number of carbonyl (C=O) groups is 2. The molecule has 0 saturated carbocycles. The Morgan fingerprint density at radius 1 is 1.36 bits per heavy atom. The highest BCUT2D eigenvalue weighted by Gasteiger charge is 2.22. The Morgan fingerprint density at radius 3 is 2.94 bits per heavy atom. The second kappa shape index (κ2) is 11.8. The van der Waals surface area contributed by atoms with Gasteiger partial charge in [-0.05, 0) is 61.6 Å². The molecule has 9 nitrogen and oxygen atoms in total. The summed E-state index contributed by atoms with van der Waals surface area (Å²) < 4.78 is 7.07. The number of hydrogen-bond acceptors (Lipinski definition) is 7. The highest BCUT2D eigenvalue weighted by molar-refractivity contribution is 5.73. The van der Waals surface area contributed by atoms with E-state index in [0.29, 0.717) is 30.7 Å². The maximum atomic E-state index is 11.7. The molecule has 3 aromatic rings. The molecule has 190 valence electrons. The van der Waals surface area contributed by atoms with Gasteiger partial charge in [0.15, 0.2) is 6.29 Å². The third-order valence-corrected chi connectivity index (χ3v) is 6.83. The summed E-state index contributed by atoms with van der Waals surface area (Å²) in [5.41, 5.74) is 3.82. The molecule has 9 heteroatoms. The molecule has 0 aromatic carbocycles. The molecule has 0 saturated heterocycles. The Balaban J connectivity index is 1.36. The van der Waals surface area contributed by atoms with Crippen LogP contribution in [0.5, 0.6) is 5.88 Å². The number of aromatic nitrogens is 3. The van der Waals surface area contributed by atoms with E-state index >= 15 is 0 Å². The zero-order chi connectivity index (χ0) is 25.5. The number of nitrogens with one attached hydrogen (secondary N) is 1. The standard InChI is InChI=1S/C27H33N5O4/c1-31(24(15-26(34)35)21-7-10-25(36-2)29-16-21)12-13-32-17-19(14-23(32)18-33)5-8-22-9-6-20-4-3-11-28-27(20)30-22/h3-4,7,10-11,14,16-18,22,24H,5-6,8-9,12-13,15H2,1-2H3,(H,28,30)(H,34,35)/t22?,24-/m0/s1. The Hall–Kier alpha value is -3.72. The van der Waals surface area contributed by atoms with Crippen molar-refractivity contribution < 1.29 is 19.4 Å². The smallest absolute Gasteiger partial charge is 0.305 e. The SMILES string of the molecule is COc1ccc([C@H](CC(=O)O)N(C)CCn2cc(CCC3CCc4cccnc4N3)cc2C=O)cn1. The van der Waals surface area contributed by atoms with Crippen molar-refractivity contribution in [1.82, 2.24) is 19.4 Å². The number of aryl methyl sites for hydroxylation is 2. The van der Waals surface area contributed by atoms with Gasteiger partial charge >= 0.3 is 5.97 Å². The predicted molar refractivity (Wildman–Crippen MR) is 137 cm³/mol. The minimum Gasteiger partial charge on any atom is -0.481 e. The molecule has 36 heavy (non-hydrogen) atoms. The molecule has 1 aliphatic rings. The molecule has 2 atom stereocenters. The van der Waals surface area contributed by atoms with Crippen molar-refractivity contribution in [2.45, 2.75) is 50.7 Å². The van der Waals surface area contributed by atoms with E-state index in [0.717, 1.165) is 48.9 Å². The zero-order valence-electron chi connectivity index (χ0n) is 20.8. The fourth-order valence-corrected chi connectivity index (χ4v) is 4.76. The molecule has 0 amide bonds. The Morgan fingerprint density at radius 2 is 2.22 bits per heavy atom. The van der Waals surface area contributed by atoms with Gasteiger partial charge in [-0.1, -0.05) is 12.1 Å². The highest BCUT2D eigenvalue weighted by atomic mass is 16.5. The first-order chi connectivity index (χ1) is 17.5. The average molecular weight is 492 g/mol. The van der Waals surface area contributed by atoms with Crippen LogP contribution in [0.4, 0.5) is 5.82 Å². The van der Waals surface area contributed by atoms with Crippen LogP contribution in [-0.4, -0.2) is 63.5 Å². The van der Waals surface area contributed by atoms with Crippen molar-refractivity contribution in [2.75, 3.05) is 26.0 Å². The lowest BCUT2D eigenvalue weighted by atomic mass is 9.96. The summed E-state index contributed by atoms with van der Waals surface area (Å²) in [5.74, 6) is 0.578. The van der Waals surface area contributed by atoms with Crippen LogP contribution in [0.3, 0.4) is 0 Å². The van der Waals surface area contributed by atoms with Crippen LogP contribution in [0.15, 0.2) is 48.9 Å². The second-order valence-electron chi connectivity index (χ2n) is 9.24. The zero-order valence-corrected chi connectivity index (χ0v) is 20.8. The molecule has 0 spiro atoms. The molecule has 0 aliphatic carbocycles. The number of methoxy groups -OCH3 is 1. The fraction of sp³-hybridized carbons (Fsp3) is 0.407. The highest BCUT2D eigenvalue weighted by Crippen LogP contribution is 2.26. The van der Waals surface area contributed by atoms with Crippen LogP contribution in [0.2, 0.25) is 0 Å². The van der Waals surface area contributed by atoms with Crippen molar-refractivity contribution in [2.24, 2.45) is 0 Å². The molecule has 4 rings (SSSR count). The number of ether oxygens (including phenoxy) is 1. The molecule has 0 bridgehead atoms. The normalized spacial score (nSPS) is 15.7. The Bertz CT molecular complexity index is 1180. The molecule has 0 fully saturated rings. The average Bonchev–Trinajstić information content (AvgIpc) is 3.31. The van der Waals surface area contributed by atoms with Crippen LogP contribution in [0.25, 0.3) is 0 Å². The molecular formula is C27H33N5O4. The fourth-order valence-electron chi connectivity index (χ4n) is 4.76. The number of fused-ring (bicyclic) bond motifs is 1. The van der Waals surface area contributed by atoms with Gasteiger partial charge in [-0.3, -0.25) is 14.5 Å². The minimum atomic E-state index is -0.881. The van der Waals surface area contributed by atoms with Gasteiger partial charge in [0.1, 0.15) is 5.82 Å². The van der Waals surface area contributed by atoms with Gasteiger partial charge in [0.05, 0.1) is 19.2 Å². The van der Waals surface area contributed by atoms with Crippen LogP contribution in [0.1, 0.15) is 52.5 Å². The van der Waals surface area contributed by atoms with Gasteiger partial charge in [-0.25, -0.2) is 9.97 Å². The predicted octanol–water partition coefficient (Wildman–Crippen LogP) is 3.61. The first kappa shape index (κ1) is 25.4. The largest absolute Gasteiger partial charge is 0.481 e. The molecule has 0 radical (unpaired) electrons. The molecule has 2 N–H and O–H groups in total. The lowest BCUT2D eigenvalue weighted by Crippen LogP contribution is -2.30. The monoisotopic (exact) mass is 491 g/mol. The first-order valence-corrected chi connectivity index (χ1v) is 12.2. The maximum Gasteiger partial charge on any atom is 0.305 e. The minimum absolute atomic E-state index is 0.0473. The number of carboxylic acids is 1. The third-order valence-electron chi connectivity index (χ3n) is 6.83.